The number of hydrogen-bond donors (Lipinski definition) is 3. The van der Waals surface area contributed by atoms with Gasteiger partial charge in [-0.3, -0.25) is 14.4 Å². The lowest BCUT2D eigenvalue weighted by molar-refractivity contribution is -0.139. The van der Waals surface area contributed by atoms with Gasteiger partial charge in [-0.2, -0.15) is 0 Å². The zero-order valence-electron chi connectivity index (χ0n) is 20.9. The zero-order valence-corrected chi connectivity index (χ0v) is 23.3. The van der Waals surface area contributed by atoms with Gasteiger partial charge in [0.05, 0.1) is 16.6 Å². The van der Waals surface area contributed by atoms with Crippen LogP contribution in [-0.4, -0.2) is 61.7 Å². The largest absolute Gasteiger partial charge is 0.396 e. The molecule has 3 unspecified atom stereocenters. The molecule has 2 aromatic rings. The van der Waals surface area contributed by atoms with E-state index in [1.165, 1.54) is 0 Å². The van der Waals surface area contributed by atoms with Crippen LogP contribution in [-0.2, 0) is 20.9 Å². The highest BCUT2D eigenvalue weighted by Gasteiger charge is 2.75. The Hall–Kier alpha value is -2.36. The van der Waals surface area contributed by atoms with Crippen LogP contribution in [0, 0.1) is 25.7 Å². The molecular formula is C28H32BrN3O4S. The lowest BCUT2D eigenvalue weighted by Crippen LogP contribution is -2.53. The normalized spacial score (nSPS) is 29.9. The molecule has 0 aromatic heterocycles. The van der Waals surface area contributed by atoms with E-state index in [4.69, 9.17) is 0 Å². The number of carbonyl (C=O) groups excluding carboxylic acids is 3. The zero-order chi connectivity index (χ0) is 26.3. The van der Waals surface area contributed by atoms with E-state index < -0.39 is 22.6 Å². The van der Waals surface area contributed by atoms with E-state index in [0.29, 0.717) is 19.4 Å². The molecule has 9 heteroatoms. The van der Waals surface area contributed by atoms with Crippen LogP contribution < -0.4 is 10.6 Å². The molecule has 37 heavy (non-hydrogen) atoms. The number of rotatable bonds is 8. The minimum absolute atomic E-state index is 0.0165. The van der Waals surface area contributed by atoms with Crippen molar-refractivity contribution >= 4 is 51.1 Å². The molecule has 2 aromatic carbocycles. The number of anilines is 1. The summed E-state index contributed by atoms with van der Waals surface area (Å²) in [5, 5.41) is 15.6. The van der Waals surface area contributed by atoms with Gasteiger partial charge in [-0.25, -0.2) is 0 Å². The highest BCUT2D eigenvalue weighted by Crippen LogP contribution is 2.67. The van der Waals surface area contributed by atoms with Crippen LogP contribution in [0.1, 0.15) is 29.5 Å². The average molecular weight is 587 g/mol. The Bertz CT molecular complexity index is 1210. The first kappa shape index (κ1) is 26.3. The third kappa shape index (κ3) is 4.59. The van der Waals surface area contributed by atoms with Gasteiger partial charge in [0.15, 0.2) is 0 Å². The summed E-state index contributed by atoms with van der Waals surface area (Å²) in [6, 6.07) is 14.9. The Morgan fingerprint density at radius 1 is 1.16 bits per heavy atom. The number of nitrogens with one attached hydrogen (secondary N) is 2. The maximum Gasteiger partial charge on any atom is 0.248 e. The highest BCUT2D eigenvalue weighted by molar-refractivity contribution is 9.09. The second-order valence-electron chi connectivity index (χ2n) is 10.3. The molecule has 196 valence electrons. The van der Waals surface area contributed by atoms with Gasteiger partial charge in [0.25, 0.3) is 0 Å². The number of carbonyl (C=O) groups is 3. The number of likely N-dealkylation sites (tertiary alicyclic amines) is 1. The van der Waals surface area contributed by atoms with Gasteiger partial charge in [0, 0.05) is 35.5 Å². The standard InChI is InChI=1S/C28H32BrN3O4S/c1-16-9-10-17(2)20(13-16)31-26(35)24-28-14-19(29)23(37-28)21(22(28)27(36)32(24)11-6-12-33)25(34)30-15-18-7-4-3-5-8-18/h3-5,7-10,13,19,21-24,33H,6,11-12,14-15H2,1-2H3,(H,30,34)(H,31,35)/t19?,21-,22-,23-,24?,28?/m0/s1. The number of amides is 3. The summed E-state index contributed by atoms with van der Waals surface area (Å²) in [6.45, 7) is 4.49. The molecule has 1 spiro atoms. The molecule has 0 radical (unpaired) electrons. The fourth-order valence-corrected chi connectivity index (χ4v) is 9.80. The summed E-state index contributed by atoms with van der Waals surface area (Å²) in [4.78, 5) is 43.0. The van der Waals surface area contributed by atoms with E-state index in [-0.39, 0.29) is 41.0 Å². The van der Waals surface area contributed by atoms with Gasteiger partial charge in [-0.05, 0) is 49.4 Å². The van der Waals surface area contributed by atoms with Crippen LogP contribution in [0.4, 0.5) is 5.69 Å². The molecule has 3 amide bonds. The fourth-order valence-electron chi connectivity index (χ4n) is 6.19. The van der Waals surface area contributed by atoms with Gasteiger partial charge in [-0.15, -0.1) is 11.8 Å². The number of hydrogen-bond acceptors (Lipinski definition) is 5. The van der Waals surface area contributed by atoms with Gasteiger partial charge in [-0.1, -0.05) is 58.4 Å². The Kier molecular flexibility index (Phi) is 7.40. The smallest absolute Gasteiger partial charge is 0.248 e. The van der Waals surface area contributed by atoms with Crippen LogP contribution in [0.2, 0.25) is 0 Å². The number of benzene rings is 2. The first-order valence-electron chi connectivity index (χ1n) is 12.7. The van der Waals surface area contributed by atoms with Crippen molar-refractivity contribution in [3.8, 4) is 0 Å². The summed E-state index contributed by atoms with van der Waals surface area (Å²) < 4.78 is -0.706. The minimum Gasteiger partial charge on any atom is -0.396 e. The molecule has 0 aliphatic carbocycles. The summed E-state index contributed by atoms with van der Waals surface area (Å²) in [6.07, 6.45) is 1.00. The molecule has 3 N–H and O–H groups in total. The van der Waals surface area contributed by atoms with Gasteiger partial charge < -0.3 is 20.6 Å². The van der Waals surface area contributed by atoms with Crippen molar-refractivity contribution in [2.75, 3.05) is 18.5 Å². The Morgan fingerprint density at radius 3 is 2.65 bits per heavy atom. The summed E-state index contributed by atoms with van der Waals surface area (Å²) in [7, 11) is 0. The van der Waals surface area contributed by atoms with Gasteiger partial charge in [0.2, 0.25) is 17.7 Å². The second-order valence-corrected chi connectivity index (χ2v) is 13.0. The van der Waals surface area contributed by atoms with Gasteiger partial charge >= 0.3 is 0 Å². The maximum absolute atomic E-state index is 13.9. The predicted molar refractivity (Wildman–Crippen MR) is 148 cm³/mol. The van der Waals surface area contributed by atoms with E-state index in [1.807, 2.05) is 62.4 Å². The Morgan fingerprint density at radius 2 is 1.92 bits per heavy atom. The van der Waals surface area contributed by atoms with Crippen molar-refractivity contribution < 1.29 is 19.5 Å². The van der Waals surface area contributed by atoms with Crippen molar-refractivity contribution in [2.45, 2.75) is 54.1 Å². The predicted octanol–water partition coefficient (Wildman–Crippen LogP) is 3.41. The topological polar surface area (TPSA) is 98.7 Å². The number of halogens is 1. The molecule has 2 bridgehead atoms. The maximum atomic E-state index is 13.9. The molecule has 6 atom stereocenters. The second kappa shape index (κ2) is 10.4. The molecule has 3 saturated heterocycles. The molecular weight excluding hydrogens is 554 g/mol. The third-order valence-electron chi connectivity index (χ3n) is 7.86. The molecule has 3 aliphatic rings. The fraction of sp³-hybridized carbons (Fsp3) is 0.464. The molecule has 3 aliphatic heterocycles. The average Bonchev–Trinajstić information content (AvgIpc) is 3.47. The van der Waals surface area contributed by atoms with E-state index in [0.717, 1.165) is 22.4 Å². The van der Waals surface area contributed by atoms with E-state index in [9.17, 15) is 19.5 Å². The molecule has 0 saturated carbocycles. The van der Waals surface area contributed by atoms with Crippen molar-refractivity contribution in [3.63, 3.8) is 0 Å². The molecule has 3 heterocycles. The number of thioether (sulfide) groups is 1. The third-order valence-corrected chi connectivity index (χ3v) is 11.1. The van der Waals surface area contributed by atoms with Crippen LogP contribution in [0.15, 0.2) is 48.5 Å². The number of aliphatic hydroxyl groups excluding tert-OH is 1. The quantitative estimate of drug-likeness (QED) is 0.412. The SMILES string of the molecule is Cc1ccc(C)c(NC(=O)C2N(CCCO)C(=O)[C@@H]3[C@H](C(=O)NCc4ccccc4)[C@H]4SC23CC4Br)c1. The van der Waals surface area contributed by atoms with Crippen LogP contribution >= 0.6 is 27.7 Å². The van der Waals surface area contributed by atoms with Crippen molar-refractivity contribution in [1.82, 2.24) is 10.2 Å². The number of aryl methyl sites for hydroxylation is 2. The monoisotopic (exact) mass is 585 g/mol. The number of alkyl halides is 1. The van der Waals surface area contributed by atoms with Gasteiger partial charge in [0.1, 0.15) is 6.04 Å². The van der Waals surface area contributed by atoms with Crippen molar-refractivity contribution in [1.29, 1.82) is 0 Å². The van der Waals surface area contributed by atoms with Crippen LogP contribution in [0.3, 0.4) is 0 Å². The molecule has 5 rings (SSSR count). The Balaban J connectivity index is 1.45. The van der Waals surface area contributed by atoms with E-state index >= 15 is 0 Å². The highest BCUT2D eigenvalue weighted by atomic mass is 79.9. The van der Waals surface area contributed by atoms with Crippen molar-refractivity contribution in [3.05, 3.63) is 65.2 Å². The lowest BCUT2D eigenvalue weighted by Gasteiger charge is -2.35. The first-order chi connectivity index (χ1) is 17.8. The van der Waals surface area contributed by atoms with E-state index in [1.54, 1.807) is 16.7 Å². The number of nitrogens with zero attached hydrogens (tertiary/aromatic N) is 1. The van der Waals surface area contributed by atoms with E-state index in [2.05, 4.69) is 26.6 Å². The summed E-state index contributed by atoms with van der Waals surface area (Å²) in [5.74, 6) is -1.66. The summed E-state index contributed by atoms with van der Waals surface area (Å²) >= 11 is 5.40. The summed E-state index contributed by atoms with van der Waals surface area (Å²) in [5.41, 5.74) is 3.69. The molecule has 3 fully saturated rings. The van der Waals surface area contributed by atoms with Crippen LogP contribution in [0.5, 0.6) is 0 Å². The minimum atomic E-state index is -0.724. The number of aliphatic hydroxyl groups is 1. The number of fused-ring (bicyclic) bond motifs is 1. The Labute approximate surface area is 229 Å². The van der Waals surface area contributed by atoms with Crippen LogP contribution in [0.25, 0.3) is 0 Å². The lowest BCUT2D eigenvalue weighted by atomic mass is 9.70. The molecule has 7 nitrogen and oxygen atoms in total. The van der Waals surface area contributed by atoms with Crippen molar-refractivity contribution in [2.24, 2.45) is 11.8 Å². The first-order valence-corrected chi connectivity index (χ1v) is 14.5.